The monoisotopic (exact) mass is 527 g/mol. The molecule has 2 heterocycles. The SMILES string of the molecule is c1ccc(-c2ccc(-n3c4ccc(-c5cccc(-c6ccccc6)c5)cc4c4c5ccsc5ccc43)cc2)cc1. The molecule has 8 rings (SSSR count). The summed E-state index contributed by atoms with van der Waals surface area (Å²) in [6.07, 6.45) is 0. The third-order valence-corrected chi connectivity index (χ3v) is 8.78. The Morgan fingerprint density at radius 3 is 1.73 bits per heavy atom. The van der Waals surface area contributed by atoms with Crippen molar-refractivity contribution in [2.24, 2.45) is 0 Å². The van der Waals surface area contributed by atoms with Crippen LogP contribution in [0.5, 0.6) is 0 Å². The number of benzene rings is 6. The van der Waals surface area contributed by atoms with Gasteiger partial charge in [-0.25, -0.2) is 0 Å². The maximum Gasteiger partial charge on any atom is 0.0548 e. The fourth-order valence-corrected chi connectivity index (χ4v) is 6.76. The minimum absolute atomic E-state index is 1.17. The highest BCUT2D eigenvalue weighted by molar-refractivity contribution is 7.17. The summed E-state index contributed by atoms with van der Waals surface area (Å²) in [6.45, 7) is 0. The second-order valence-corrected chi connectivity index (χ2v) is 11.2. The van der Waals surface area contributed by atoms with Crippen LogP contribution in [0.4, 0.5) is 0 Å². The fourth-order valence-electron chi connectivity index (χ4n) is 5.96. The van der Waals surface area contributed by atoms with Gasteiger partial charge in [0.1, 0.15) is 0 Å². The molecule has 0 amide bonds. The molecule has 0 fully saturated rings. The molecule has 2 heteroatoms. The average molecular weight is 528 g/mol. The van der Waals surface area contributed by atoms with Gasteiger partial charge in [0.2, 0.25) is 0 Å². The Balaban J connectivity index is 1.33. The molecule has 0 aliphatic carbocycles. The average Bonchev–Trinajstić information content (AvgIpc) is 3.64. The number of nitrogens with zero attached hydrogens (tertiary/aromatic N) is 1. The van der Waals surface area contributed by atoms with Gasteiger partial charge in [-0.15, -0.1) is 11.3 Å². The minimum Gasteiger partial charge on any atom is -0.309 e. The molecule has 0 aliphatic rings. The molecule has 0 aliphatic heterocycles. The molecular formula is C38H25NS. The standard InChI is InChI=1S/C38H25NS/c1-3-8-26(9-4-1)28-14-17-32(18-15-28)39-35-19-16-31(30-13-7-12-29(24-30)27-10-5-2-6-11-27)25-34(35)38-33-22-23-40-37(33)21-20-36(38)39/h1-25H. The molecule has 40 heavy (non-hydrogen) atoms. The summed E-state index contributed by atoms with van der Waals surface area (Å²) >= 11 is 1.81. The van der Waals surface area contributed by atoms with Crippen molar-refractivity contribution in [3.8, 4) is 39.1 Å². The van der Waals surface area contributed by atoms with Crippen molar-refractivity contribution in [1.29, 1.82) is 0 Å². The Morgan fingerprint density at radius 2 is 0.975 bits per heavy atom. The van der Waals surface area contributed by atoms with E-state index in [4.69, 9.17) is 0 Å². The highest BCUT2D eigenvalue weighted by Gasteiger charge is 2.16. The van der Waals surface area contributed by atoms with Crippen LogP contribution >= 0.6 is 11.3 Å². The topological polar surface area (TPSA) is 4.93 Å². The van der Waals surface area contributed by atoms with E-state index in [-0.39, 0.29) is 0 Å². The van der Waals surface area contributed by atoms with Crippen LogP contribution in [0.2, 0.25) is 0 Å². The summed E-state index contributed by atoms with van der Waals surface area (Å²) < 4.78 is 3.74. The zero-order chi connectivity index (χ0) is 26.5. The Morgan fingerprint density at radius 1 is 0.400 bits per heavy atom. The lowest BCUT2D eigenvalue weighted by atomic mass is 9.97. The highest BCUT2D eigenvalue weighted by atomic mass is 32.1. The number of rotatable bonds is 4. The Labute approximate surface area is 237 Å². The van der Waals surface area contributed by atoms with Crippen molar-refractivity contribution in [3.63, 3.8) is 0 Å². The fraction of sp³-hybridized carbons (Fsp3) is 0. The van der Waals surface area contributed by atoms with Crippen molar-refractivity contribution >= 4 is 43.2 Å². The molecule has 6 aromatic carbocycles. The van der Waals surface area contributed by atoms with Crippen molar-refractivity contribution < 1.29 is 0 Å². The summed E-state index contributed by atoms with van der Waals surface area (Å²) in [7, 11) is 0. The van der Waals surface area contributed by atoms with E-state index in [1.54, 1.807) is 11.3 Å². The predicted octanol–water partition coefficient (Wildman–Crippen LogP) is 11.0. The third kappa shape index (κ3) is 3.77. The van der Waals surface area contributed by atoms with Crippen molar-refractivity contribution in [1.82, 2.24) is 4.57 Å². The maximum absolute atomic E-state index is 2.42. The first kappa shape index (κ1) is 23.0. The Hall–Kier alpha value is -4.92. The van der Waals surface area contributed by atoms with Gasteiger partial charge in [0, 0.05) is 26.5 Å². The Bertz CT molecular complexity index is 2130. The smallest absolute Gasteiger partial charge is 0.0548 e. The van der Waals surface area contributed by atoms with Crippen molar-refractivity contribution in [2.45, 2.75) is 0 Å². The molecule has 0 unspecified atom stereocenters. The molecule has 1 nitrogen and oxygen atoms in total. The van der Waals surface area contributed by atoms with Crippen LogP contribution in [-0.2, 0) is 0 Å². The first-order valence-corrected chi connectivity index (χ1v) is 14.5. The zero-order valence-corrected chi connectivity index (χ0v) is 22.6. The number of hydrogen-bond acceptors (Lipinski definition) is 1. The van der Waals surface area contributed by atoms with Crippen LogP contribution in [0.1, 0.15) is 0 Å². The van der Waals surface area contributed by atoms with E-state index < -0.39 is 0 Å². The van der Waals surface area contributed by atoms with Gasteiger partial charge in [-0.3, -0.25) is 0 Å². The number of fused-ring (bicyclic) bond motifs is 5. The van der Waals surface area contributed by atoms with E-state index in [1.165, 1.54) is 71.0 Å². The van der Waals surface area contributed by atoms with Crippen molar-refractivity contribution in [2.75, 3.05) is 0 Å². The molecule has 0 spiro atoms. The zero-order valence-electron chi connectivity index (χ0n) is 21.8. The molecule has 0 radical (unpaired) electrons. The van der Waals surface area contributed by atoms with Crippen LogP contribution in [0, 0.1) is 0 Å². The van der Waals surface area contributed by atoms with Crippen LogP contribution in [-0.4, -0.2) is 4.57 Å². The van der Waals surface area contributed by atoms with Gasteiger partial charge in [0.15, 0.2) is 0 Å². The summed E-state index contributed by atoms with van der Waals surface area (Å²) in [5, 5.41) is 6.13. The van der Waals surface area contributed by atoms with Crippen LogP contribution in [0.3, 0.4) is 0 Å². The van der Waals surface area contributed by atoms with Gasteiger partial charge in [-0.05, 0) is 87.3 Å². The number of hydrogen-bond donors (Lipinski definition) is 0. The second kappa shape index (κ2) is 9.37. The molecule has 0 N–H and O–H groups in total. The molecule has 2 aromatic heterocycles. The highest BCUT2D eigenvalue weighted by Crippen LogP contribution is 2.40. The second-order valence-electron chi connectivity index (χ2n) is 10.2. The van der Waals surface area contributed by atoms with E-state index in [1.807, 2.05) is 0 Å². The van der Waals surface area contributed by atoms with E-state index in [0.29, 0.717) is 0 Å². The van der Waals surface area contributed by atoms with Gasteiger partial charge in [0.25, 0.3) is 0 Å². The van der Waals surface area contributed by atoms with E-state index in [0.717, 1.165) is 0 Å². The molecular weight excluding hydrogens is 502 g/mol. The minimum atomic E-state index is 1.17. The normalized spacial score (nSPS) is 11.5. The van der Waals surface area contributed by atoms with Gasteiger partial charge in [-0.2, -0.15) is 0 Å². The molecule has 0 saturated heterocycles. The van der Waals surface area contributed by atoms with E-state index >= 15 is 0 Å². The lowest BCUT2D eigenvalue weighted by Crippen LogP contribution is -1.93. The number of aromatic nitrogens is 1. The molecule has 0 atom stereocenters. The molecule has 8 aromatic rings. The van der Waals surface area contributed by atoms with E-state index in [9.17, 15) is 0 Å². The summed E-state index contributed by atoms with van der Waals surface area (Å²) in [4.78, 5) is 0. The first-order valence-electron chi connectivity index (χ1n) is 13.6. The van der Waals surface area contributed by atoms with Gasteiger partial charge in [0.05, 0.1) is 11.0 Å². The quantitative estimate of drug-likeness (QED) is 0.214. The lowest BCUT2D eigenvalue weighted by Gasteiger charge is -2.10. The third-order valence-electron chi connectivity index (χ3n) is 7.90. The lowest BCUT2D eigenvalue weighted by molar-refractivity contribution is 1.18. The first-order chi connectivity index (χ1) is 19.8. The van der Waals surface area contributed by atoms with Crippen molar-refractivity contribution in [3.05, 3.63) is 151 Å². The molecule has 0 saturated carbocycles. The molecule has 0 bridgehead atoms. The predicted molar refractivity (Wildman–Crippen MR) is 172 cm³/mol. The van der Waals surface area contributed by atoms with Crippen LogP contribution in [0.25, 0.3) is 71.0 Å². The Kier molecular flexibility index (Phi) is 5.39. The van der Waals surface area contributed by atoms with Crippen LogP contribution in [0.15, 0.2) is 151 Å². The van der Waals surface area contributed by atoms with Gasteiger partial charge in [-0.1, -0.05) is 97.1 Å². The largest absolute Gasteiger partial charge is 0.309 e. The summed E-state index contributed by atoms with van der Waals surface area (Å²) in [5.74, 6) is 0. The molecule has 188 valence electrons. The number of thiophene rings is 1. The van der Waals surface area contributed by atoms with E-state index in [2.05, 4.69) is 156 Å². The van der Waals surface area contributed by atoms with Gasteiger partial charge >= 0.3 is 0 Å². The maximum atomic E-state index is 2.42. The van der Waals surface area contributed by atoms with Crippen LogP contribution < -0.4 is 0 Å². The van der Waals surface area contributed by atoms with Gasteiger partial charge < -0.3 is 4.57 Å². The summed E-state index contributed by atoms with van der Waals surface area (Å²) in [6, 6.07) is 52.8. The summed E-state index contributed by atoms with van der Waals surface area (Å²) in [5.41, 5.74) is 11.0.